The summed E-state index contributed by atoms with van der Waals surface area (Å²) in [6.07, 6.45) is 16.0. The van der Waals surface area contributed by atoms with Gasteiger partial charge < -0.3 is 37.1 Å². The van der Waals surface area contributed by atoms with Gasteiger partial charge in [-0.1, -0.05) is 96.3 Å². The SMILES string of the molecule is C1CCCCC1.CC[C@H]1[CH-]NCC1.COc1ccc(N)c(N)c1.OCCC(F)(F)CCCCC1CCCC1[N-]OO.[K].[V].[Y]. The van der Waals surface area contributed by atoms with Gasteiger partial charge in [0.2, 0.25) is 5.92 Å². The van der Waals surface area contributed by atoms with E-state index in [1.165, 1.54) is 57.9 Å². The van der Waals surface area contributed by atoms with Crippen molar-refractivity contribution in [3.8, 4) is 5.75 Å². The molecule has 13 heteroatoms. The van der Waals surface area contributed by atoms with E-state index in [4.69, 9.17) is 26.6 Å². The van der Waals surface area contributed by atoms with Gasteiger partial charge in [-0.3, -0.25) is 11.8 Å². The third-order valence-corrected chi connectivity index (χ3v) is 7.98. The van der Waals surface area contributed by atoms with Crippen LogP contribution >= 0.6 is 0 Å². The Hall–Kier alpha value is 1.60. The molecule has 3 fully saturated rings. The fourth-order valence-electron chi connectivity index (χ4n) is 5.30. The van der Waals surface area contributed by atoms with Crippen molar-refractivity contribution in [3.05, 3.63) is 30.2 Å². The van der Waals surface area contributed by atoms with Crippen molar-refractivity contribution in [3.63, 3.8) is 0 Å². The number of nitrogens with two attached hydrogens (primary N) is 2. The molecule has 1 aromatic rings. The number of methoxy groups -OCH3 is 1. The molecule has 2 saturated carbocycles. The minimum Gasteiger partial charge on any atom is -0.497 e. The second-order valence-corrected chi connectivity index (χ2v) is 11.2. The first kappa shape index (κ1) is 50.0. The van der Waals surface area contributed by atoms with Crippen LogP contribution < -0.4 is 21.5 Å². The first-order valence-electron chi connectivity index (χ1n) is 15.5. The van der Waals surface area contributed by atoms with Crippen LogP contribution in [0.25, 0.3) is 5.48 Å². The Morgan fingerprint density at radius 1 is 1.00 bits per heavy atom. The minimum absolute atomic E-state index is 0. The van der Waals surface area contributed by atoms with Crippen molar-refractivity contribution in [2.24, 2.45) is 11.8 Å². The topological polar surface area (TPSA) is 137 Å². The zero-order valence-electron chi connectivity index (χ0n) is 27.4. The summed E-state index contributed by atoms with van der Waals surface area (Å²) in [4.78, 5) is 3.83. The molecule has 3 aliphatic rings. The van der Waals surface area contributed by atoms with Crippen molar-refractivity contribution in [1.29, 1.82) is 0 Å². The number of unbranched alkanes of at least 4 members (excludes halogenated alkanes) is 1. The number of nitrogen functional groups attached to an aromatic ring is 2. The largest absolute Gasteiger partial charge is 0.497 e. The molecule has 0 aromatic heterocycles. The average molecular weight is 766 g/mol. The third-order valence-electron chi connectivity index (χ3n) is 7.98. The van der Waals surface area contributed by atoms with Gasteiger partial charge in [0, 0.05) is 128 Å². The van der Waals surface area contributed by atoms with Gasteiger partial charge in [0.1, 0.15) is 5.75 Å². The molecule has 2 aliphatic carbocycles. The van der Waals surface area contributed by atoms with Crippen LogP contribution in [0.5, 0.6) is 5.75 Å². The van der Waals surface area contributed by atoms with Crippen molar-refractivity contribution in [1.82, 2.24) is 5.32 Å². The second-order valence-electron chi connectivity index (χ2n) is 11.2. The number of alkyl halides is 2. The number of nitrogens with zero attached hydrogens (tertiary/aromatic N) is 1. The first-order chi connectivity index (χ1) is 19.8. The molecule has 44 heavy (non-hydrogen) atoms. The molecule has 8 nitrogen and oxygen atoms in total. The van der Waals surface area contributed by atoms with Crippen LogP contribution in [0.2, 0.25) is 0 Å². The predicted molar refractivity (Wildman–Crippen MR) is 169 cm³/mol. The Balaban J connectivity index is -0.000000547. The summed E-state index contributed by atoms with van der Waals surface area (Å²) < 4.78 is 31.1. The van der Waals surface area contributed by atoms with Crippen LogP contribution in [0, 0.1) is 18.4 Å². The van der Waals surface area contributed by atoms with Gasteiger partial charge in [-0.15, -0.1) is 6.04 Å². The molecule has 3 radical (unpaired) electrons. The van der Waals surface area contributed by atoms with Crippen LogP contribution in [0.4, 0.5) is 20.2 Å². The first-order valence-corrected chi connectivity index (χ1v) is 15.5. The fourth-order valence-corrected chi connectivity index (χ4v) is 5.30. The average Bonchev–Trinajstić information content (AvgIpc) is 3.67. The van der Waals surface area contributed by atoms with Gasteiger partial charge in [-0.25, -0.2) is 8.78 Å². The van der Waals surface area contributed by atoms with Crippen LogP contribution in [0.3, 0.4) is 0 Å². The molecule has 4 rings (SSSR count). The molecule has 1 heterocycles. The Bertz CT molecular complexity index is 775. The molecule has 0 spiro atoms. The van der Waals surface area contributed by atoms with E-state index < -0.39 is 19.0 Å². The summed E-state index contributed by atoms with van der Waals surface area (Å²) in [5, 5.41) is 20.0. The smallest absolute Gasteiger partial charge is 0.250 e. The monoisotopic (exact) mass is 765 g/mol. The van der Waals surface area contributed by atoms with E-state index in [1.807, 2.05) is 0 Å². The van der Waals surface area contributed by atoms with Crippen molar-refractivity contribution < 1.29 is 80.1 Å². The van der Waals surface area contributed by atoms with E-state index in [9.17, 15) is 8.78 Å². The summed E-state index contributed by atoms with van der Waals surface area (Å²) in [7, 11) is 1.59. The molecule has 2 unspecified atom stereocenters. The van der Waals surface area contributed by atoms with Gasteiger partial charge in [0.15, 0.2) is 0 Å². The molecular formula is C31H56F2KN4O4VY-2. The Labute approximate surface area is 345 Å². The molecule has 7 N–H and O–H groups in total. The number of hydroxylamine groups is 1. The van der Waals surface area contributed by atoms with Crippen molar-refractivity contribution in [2.45, 2.75) is 122 Å². The number of aliphatic hydroxyl groups is 1. The van der Waals surface area contributed by atoms with Crippen LogP contribution in [0.1, 0.15) is 110 Å². The Morgan fingerprint density at radius 3 is 2.09 bits per heavy atom. The van der Waals surface area contributed by atoms with E-state index in [-0.39, 0.29) is 115 Å². The van der Waals surface area contributed by atoms with Gasteiger partial charge in [-0.05, 0) is 25.1 Å². The van der Waals surface area contributed by atoms with E-state index in [2.05, 4.69) is 29.3 Å². The minimum atomic E-state index is -2.75. The third kappa shape index (κ3) is 24.7. The fraction of sp³-hybridized carbons (Fsp3) is 0.774. The van der Waals surface area contributed by atoms with E-state index in [0.29, 0.717) is 23.7 Å². The maximum absolute atomic E-state index is 13.1. The van der Waals surface area contributed by atoms with Gasteiger partial charge in [-0.2, -0.15) is 5.92 Å². The number of hydrogen-bond acceptors (Lipinski definition) is 7. The molecular weight excluding hydrogens is 709 g/mol. The van der Waals surface area contributed by atoms with Gasteiger partial charge >= 0.3 is 0 Å². The quantitative estimate of drug-likeness (QED) is 0.0393. The Kier molecular flexibility index (Phi) is 36.2. The van der Waals surface area contributed by atoms with E-state index >= 15 is 0 Å². The number of rotatable bonds is 11. The van der Waals surface area contributed by atoms with Crippen molar-refractivity contribution >= 4 is 62.8 Å². The molecule has 1 saturated heterocycles. The Morgan fingerprint density at radius 2 is 1.64 bits per heavy atom. The van der Waals surface area contributed by atoms with Gasteiger partial charge in [0.25, 0.3) is 0 Å². The molecule has 0 bridgehead atoms. The molecule has 1 aliphatic heterocycles. The zero-order valence-corrected chi connectivity index (χ0v) is 34.7. The predicted octanol–water partition coefficient (Wildman–Crippen LogP) is 7.49. The van der Waals surface area contributed by atoms with E-state index in [0.717, 1.165) is 43.8 Å². The van der Waals surface area contributed by atoms with Crippen LogP contribution in [-0.2, 0) is 56.3 Å². The number of nitrogens with one attached hydrogen (secondary N) is 1. The number of halogens is 2. The summed E-state index contributed by atoms with van der Waals surface area (Å²) in [5.74, 6) is -0.821. The molecule has 1 aromatic carbocycles. The standard InChI is InChI=1S/C12H22F2NO3.C7H10N2O.C6H12N.C6H12.K.V.Y/c13-12(14,8-9-16)7-2-1-4-10-5-3-6-11(10)15-18-17;1-10-5-2-3-6(8)7(9)4-5;1-2-6-3-4-7-5-6;1-2-4-6-5-3-1;;;/h10-11,16-17H,1-9H2;2-4H,8-9H2,1H3;5-7H,2-4H2,1H3;1-6H2;;;/q-1;;-1;;;;/t;;6-;;;;/m..1..../s1. The molecule has 249 valence electrons. The normalized spacial score (nSPS) is 20.5. The number of aliphatic hydroxyl groups excluding tert-OH is 1. The van der Waals surface area contributed by atoms with Gasteiger partial charge in [0.05, 0.1) is 18.5 Å². The number of hydrogen-bond donors (Lipinski definition) is 5. The van der Waals surface area contributed by atoms with E-state index in [1.54, 1.807) is 25.3 Å². The van der Waals surface area contributed by atoms with Crippen molar-refractivity contribution in [2.75, 3.05) is 31.7 Å². The van der Waals surface area contributed by atoms with Crippen LogP contribution in [-0.4, -0.2) is 94.0 Å². The van der Waals surface area contributed by atoms with Crippen LogP contribution in [0.15, 0.2) is 18.2 Å². The molecule has 3 atom stereocenters. The summed E-state index contributed by atoms with van der Waals surface area (Å²) in [6, 6.07) is 5.18. The zero-order chi connectivity index (χ0) is 30.3. The second kappa shape index (κ2) is 31.8. The summed E-state index contributed by atoms with van der Waals surface area (Å²) in [5.41, 5.74) is 15.7. The summed E-state index contributed by atoms with van der Waals surface area (Å²) in [6.45, 7) is 5.16. The summed E-state index contributed by atoms with van der Waals surface area (Å²) >= 11 is 0. The number of ether oxygens (including phenoxy) is 1. The number of benzene rings is 1. The maximum atomic E-state index is 13.1. The number of anilines is 2. The molecule has 0 amide bonds. The maximum Gasteiger partial charge on any atom is 0.250 e.